The van der Waals surface area contributed by atoms with Crippen LogP contribution in [-0.4, -0.2) is 41.5 Å². The summed E-state index contributed by atoms with van der Waals surface area (Å²) >= 11 is 12.3. The van der Waals surface area contributed by atoms with Crippen molar-refractivity contribution in [3.05, 3.63) is 94.5 Å². The number of hydrogen-bond donors (Lipinski definition) is 1. The highest BCUT2D eigenvalue weighted by atomic mass is 35.5. The van der Waals surface area contributed by atoms with Crippen molar-refractivity contribution in [2.45, 2.75) is 25.7 Å². The molecule has 10 heteroatoms. The molecule has 0 saturated carbocycles. The summed E-state index contributed by atoms with van der Waals surface area (Å²) in [7, 11) is -4.11. The Labute approximate surface area is 233 Å². The van der Waals surface area contributed by atoms with Crippen LogP contribution in [0.15, 0.2) is 83.8 Å². The first kappa shape index (κ1) is 27.9. The number of nitrogens with one attached hydrogen (secondary N) is 1. The number of benzene rings is 3. The standard InChI is InChI=1S/C28H28Cl2N4O3S/c1-19(2)17-33(38(36,37)26-15-22(29)11-14-24(26)30)18-28(35)31-27-16-25(21-7-5-4-6-8-21)32-34(27)23-12-9-20(3)10-13-23/h4-16,19H,17-18H2,1-3H3,(H,31,35). The molecular formula is C28H28Cl2N4O3S. The van der Waals surface area contributed by atoms with Crippen molar-refractivity contribution in [1.82, 2.24) is 14.1 Å². The molecule has 1 aromatic heterocycles. The van der Waals surface area contributed by atoms with Gasteiger partial charge in [0.2, 0.25) is 15.9 Å². The second-order valence-corrected chi connectivity index (χ2v) is 12.1. The van der Waals surface area contributed by atoms with Crippen LogP contribution in [0.25, 0.3) is 16.9 Å². The third-order valence-electron chi connectivity index (χ3n) is 5.72. The van der Waals surface area contributed by atoms with Crippen LogP contribution in [-0.2, 0) is 14.8 Å². The van der Waals surface area contributed by atoms with Gasteiger partial charge in [0.1, 0.15) is 10.7 Å². The van der Waals surface area contributed by atoms with Crippen LogP contribution in [0.3, 0.4) is 0 Å². The quantitative estimate of drug-likeness (QED) is 0.251. The zero-order valence-corrected chi connectivity index (χ0v) is 23.6. The lowest BCUT2D eigenvalue weighted by molar-refractivity contribution is -0.116. The Morgan fingerprint density at radius 2 is 1.68 bits per heavy atom. The molecule has 0 aliphatic carbocycles. The number of carbonyl (C=O) groups excluding carboxylic acids is 1. The summed E-state index contributed by atoms with van der Waals surface area (Å²) in [6, 6.07) is 23.3. The van der Waals surface area contributed by atoms with Crippen molar-refractivity contribution in [2.24, 2.45) is 5.92 Å². The third kappa shape index (κ3) is 6.45. The second-order valence-electron chi connectivity index (χ2n) is 9.34. The van der Waals surface area contributed by atoms with Gasteiger partial charge in [-0.05, 0) is 43.2 Å². The topological polar surface area (TPSA) is 84.3 Å². The minimum atomic E-state index is -4.11. The lowest BCUT2D eigenvalue weighted by Crippen LogP contribution is -2.40. The van der Waals surface area contributed by atoms with Gasteiger partial charge in [0.05, 0.1) is 22.9 Å². The van der Waals surface area contributed by atoms with Gasteiger partial charge < -0.3 is 5.32 Å². The zero-order chi connectivity index (χ0) is 27.4. The highest BCUT2D eigenvalue weighted by Crippen LogP contribution is 2.29. The lowest BCUT2D eigenvalue weighted by Gasteiger charge is -2.24. The van der Waals surface area contributed by atoms with Gasteiger partial charge in [-0.3, -0.25) is 4.79 Å². The van der Waals surface area contributed by atoms with Crippen molar-refractivity contribution >= 4 is 45.0 Å². The molecule has 1 N–H and O–H groups in total. The number of nitrogens with zero attached hydrogens (tertiary/aromatic N) is 3. The largest absolute Gasteiger partial charge is 0.309 e. The monoisotopic (exact) mass is 570 g/mol. The molecule has 0 bridgehead atoms. The first-order valence-electron chi connectivity index (χ1n) is 12.0. The minimum absolute atomic E-state index is 0.0357. The summed E-state index contributed by atoms with van der Waals surface area (Å²) in [5, 5.41) is 7.85. The summed E-state index contributed by atoms with van der Waals surface area (Å²) in [6.45, 7) is 5.44. The zero-order valence-electron chi connectivity index (χ0n) is 21.2. The van der Waals surface area contributed by atoms with Crippen molar-refractivity contribution in [3.8, 4) is 16.9 Å². The summed E-state index contributed by atoms with van der Waals surface area (Å²) in [4.78, 5) is 13.2. The van der Waals surface area contributed by atoms with Gasteiger partial charge >= 0.3 is 0 Å². The average molecular weight is 572 g/mol. The van der Waals surface area contributed by atoms with Crippen LogP contribution >= 0.6 is 23.2 Å². The molecule has 4 rings (SSSR count). The van der Waals surface area contributed by atoms with E-state index in [2.05, 4.69) is 5.32 Å². The number of halogens is 2. The predicted molar refractivity (Wildman–Crippen MR) is 152 cm³/mol. The van der Waals surface area contributed by atoms with Crippen molar-refractivity contribution in [3.63, 3.8) is 0 Å². The van der Waals surface area contributed by atoms with Gasteiger partial charge in [0.15, 0.2) is 0 Å². The Bertz CT molecular complexity index is 1540. The molecule has 0 radical (unpaired) electrons. The number of rotatable bonds is 9. The highest BCUT2D eigenvalue weighted by Gasteiger charge is 2.30. The maximum Gasteiger partial charge on any atom is 0.245 e. The number of aryl methyl sites for hydroxylation is 1. The Balaban J connectivity index is 1.67. The number of carbonyl (C=O) groups is 1. The van der Waals surface area contributed by atoms with E-state index in [0.29, 0.717) is 11.5 Å². The molecule has 0 fully saturated rings. The van der Waals surface area contributed by atoms with E-state index in [1.807, 2.05) is 75.4 Å². The lowest BCUT2D eigenvalue weighted by atomic mass is 10.1. The number of aromatic nitrogens is 2. The predicted octanol–water partition coefficient (Wildman–Crippen LogP) is 6.44. The summed E-state index contributed by atoms with van der Waals surface area (Å²) in [5.74, 6) is -0.140. The van der Waals surface area contributed by atoms with Gasteiger partial charge in [-0.2, -0.15) is 9.40 Å². The van der Waals surface area contributed by atoms with Crippen molar-refractivity contribution in [2.75, 3.05) is 18.4 Å². The molecule has 0 spiro atoms. The Hall–Kier alpha value is -3.17. The molecule has 0 aliphatic heterocycles. The van der Waals surface area contributed by atoms with Gasteiger partial charge in [0, 0.05) is 23.2 Å². The molecule has 38 heavy (non-hydrogen) atoms. The van der Waals surface area contributed by atoms with E-state index in [1.165, 1.54) is 18.2 Å². The van der Waals surface area contributed by atoms with E-state index in [0.717, 1.165) is 21.1 Å². The minimum Gasteiger partial charge on any atom is -0.309 e. The van der Waals surface area contributed by atoms with Crippen LogP contribution in [0, 0.1) is 12.8 Å². The fourth-order valence-corrected chi connectivity index (χ4v) is 6.21. The Kier molecular flexibility index (Phi) is 8.57. The Morgan fingerprint density at radius 3 is 2.34 bits per heavy atom. The molecule has 0 unspecified atom stereocenters. The van der Waals surface area contributed by atoms with Gasteiger partial charge in [-0.1, -0.05) is 85.1 Å². The van der Waals surface area contributed by atoms with Crippen LogP contribution in [0.1, 0.15) is 19.4 Å². The van der Waals surface area contributed by atoms with Crippen LogP contribution < -0.4 is 5.32 Å². The van der Waals surface area contributed by atoms with Crippen LogP contribution in [0.2, 0.25) is 10.0 Å². The molecule has 7 nitrogen and oxygen atoms in total. The fraction of sp³-hybridized carbons (Fsp3) is 0.214. The highest BCUT2D eigenvalue weighted by molar-refractivity contribution is 7.89. The van der Waals surface area contributed by atoms with E-state index in [9.17, 15) is 13.2 Å². The van der Waals surface area contributed by atoms with Gasteiger partial charge in [-0.25, -0.2) is 13.1 Å². The van der Waals surface area contributed by atoms with Crippen LogP contribution in [0.5, 0.6) is 0 Å². The maximum absolute atomic E-state index is 13.5. The van der Waals surface area contributed by atoms with E-state index in [1.54, 1.807) is 10.7 Å². The van der Waals surface area contributed by atoms with Crippen LogP contribution in [0.4, 0.5) is 5.82 Å². The molecule has 1 amide bonds. The van der Waals surface area contributed by atoms with Crippen molar-refractivity contribution < 1.29 is 13.2 Å². The number of sulfonamides is 1. The smallest absolute Gasteiger partial charge is 0.245 e. The van der Waals surface area contributed by atoms with Gasteiger partial charge in [0.25, 0.3) is 0 Å². The van der Waals surface area contributed by atoms with E-state index < -0.39 is 22.5 Å². The summed E-state index contributed by atoms with van der Waals surface area (Å²) < 4.78 is 29.8. The summed E-state index contributed by atoms with van der Waals surface area (Å²) in [6.07, 6.45) is 0. The van der Waals surface area contributed by atoms with E-state index in [-0.39, 0.29) is 27.4 Å². The molecule has 0 saturated heterocycles. The fourth-order valence-electron chi connectivity index (χ4n) is 3.91. The number of hydrogen-bond acceptors (Lipinski definition) is 4. The van der Waals surface area contributed by atoms with Gasteiger partial charge in [-0.15, -0.1) is 0 Å². The summed E-state index contributed by atoms with van der Waals surface area (Å²) in [5.41, 5.74) is 3.39. The molecule has 1 heterocycles. The first-order valence-corrected chi connectivity index (χ1v) is 14.2. The van der Waals surface area contributed by atoms with E-state index in [4.69, 9.17) is 28.3 Å². The normalized spacial score (nSPS) is 11.8. The molecule has 3 aromatic carbocycles. The van der Waals surface area contributed by atoms with Crippen molar-refractivity contribution in [1.29, 1.82) is 0 Å². The Morgan fingerprint density at radius 1 is 1.00 bits per heavy atom. The third-order valence-corrected chi connectivity index (χ3v) is 8.25. The SMILES string of the molecule is Cc1ccc(-n2nc(-c3ccccc3)cc2NC(=O)CN(CC(C)C)S(=O)(=O)c2cc(Cl)ccc2Cl)cc1. The molecule has 0 atom stereocenters. The molecule has 198 valence electrons. The molecular weight excluding hydrogens is 543 g/mol. The average Bonchev–Trinajstić information content (AvgIpc) is 3.29. The molecule has 4 aromatic rings. The molecule has 0 aliphatic rings. The maximum atomic E-state index is 13.5. The number of anilines is 1. The van der Waals surface area contributed by atoms with E-state index >= 15 is 0 Å². The first-order chi connectivity index (χ1) is 18.0. The second kappa shape index (κ2) is 11.7. The number of amides is 1.